The Hall–Kier alpha value is -7.70. The fourth-order valence-electron chi connectivity index (χ4n) is 8.26. The Morgan fingerprint density at radius 2 is 0.807 bits per heavy atom. The van der Waals surface area contributed by atoms with Crippen LogP contribution in [0.3, 0.4) is 0 Å². The first-order chi connectivity index (χ1) is 28.2. The molecule has 57 heavy (non-hydrogen) atoms. The van der Waals surface area contributed by atoms with Crippen LogP contribution < -0.4 is 0 Å². The van der Waals surface area contributed by atoms with Gasteiger partial charge in [0.05, 0.1) is 27.8 Å². The van der Waals surface area contributed by atoms with Gasteiger partial charge in [-0.2, -0.15) is 0 Å². The molecule has 0 saturated carbocycles. The Morgan fingerprint density at radius 1 is 0.351 bits per heavy atom. The molecule has 0 N–H and O–H groups in total. The maximum Gasteiger partial charge on any atom is 0.164 e. The highest BCUT2D eigenvalue weighted by atomic mass is 19.1. The van der Waals surface area contributed by atoms with Gasteiger partial charge in [-0.1, -0.05) is 140 Å². The van der Waals surface area contributed by atoms with Crippen molar-refractivity contribution in [3.8, 4) is 56.7 Å². The lowest BCUT2D eigenvalue weighted by molar-refractivity contribution is 0.628. The van der Waals surface area contributed by atoms with E-state index in [1.54, 1.807) is 0 Å². The van der Waals surface area contributed by atoms with Crippen LogP contribution >= 0.6 is 0 Å². The highest BCUT2D eigenvalue weighted by molar-refractivity contribution is 6.24. The third-order valence-corrected chi connectivity index (χ3v) is 10.8. The zero-order chi connectivity index (χ0) is 37.9. The van der Waals surface area contributed by atoms with Crippen LogP contribution in [0.25, 0.3) is 100 Å². The first-order valence-corrected chi connectivity index (χ1v) is 19.0. The van der Waals surface area contributed by atoms with Crippen LogP contribution in [-0.2, 0) is 0 Å². The lowest BCUT2D eigenvalue weighted by atomic mass is 9.99. The Kier molecular flexibility index (Phi) is 7.60. The molecule has 11 aromatic rings. The molecule has 0 fully saturated rings. The summed E-state index contributed by atoms with van der Waals surface area (Å²) in [7, 11) is 0. The van der Waals surface area contributed by atoms with Crippen LogP contribution in [0, 0.1) is 5.82 Å². The summed E-state index contributed by atoms with van der Waals surface area (Å²) >= 11 is 0. The Morgan fingerprint density at radius 3 is 1.39 bits per heavy atom. The summed E-state index contributed by atoms with van der Waals surface area (Å²) in [6, 6.07) is 65.4. The summed E-state index contributed by atoms with van der Waals surface area (Å²) < 4.78 is 19.4. The highest BCUT2D eigenvalue weighted by Gasteiger charge is 2.23. The molecule has 0 bridgehead atoms. The molecule has 0 spiro atoms. The molecule has 0 amide bonds. The fraction of sp³-hybridized carbons (Fsp3) is 0. The van der Waals surface area contributed by atoms with E-state index in [1.807, 2.05) is 72.8 Å². The average molecular weight is 734 g/mol. The first-order valence-electron chi connectivity index (χ1n) is 19.0. The van der Waals surface area contributed by atoms with Crippen molar-refractivity contribution in [2.24, 2.45) is 0 Å². The van der Waals surface area contributed by atoms with Crippen molar-refractivity contribution in [2.75, 3.05) is 0 Å². The lowest BCUT2D eigenvalue weighted by Crippen LogP contribution is -2.02. The second-order valence-electron chi connectivity index (χ2n) is 14.2. The minimum Gasteiger partial charge on any atom is -0.307 e. The number of nitrogens with zero attached hydrogens (tertiary/aromatic N) is 5. The molecule has 3 aromatic heterocycles. The van der Waals surface area contributed by atoms with E-state index in [-0.39, 0.29) is 5.82 Å². The number of para-hydroxylation sites is 3. The van der Waals surface area contributed by atoms with Gasteiger partial charge in [0.2, 0.25) is 0 Å². The quantitative estimate of drug-likeness (QED) is 0.171. The van der Waals surface area contributed by atoms with E-state index in [4.69, 9.17) is 15.0 Å². The molecule has 0 unspecified atom stereocenters. The number of fused-ring (bicyclic) bond motifs is 7. The number of hydrogen-bond acceptors (Lipinski definition) is 3. The molecule has 11 rings (SSSR count). The Bertz CT molecular complexity index is 3220. The van der Waals surface area contributed by atoms with E-state index in [9.17, 15) is 4.39 Å². The third kappa shape index (κ3) is 5.41. The number of hydrogen-bond donors (Lipinski definition) is 0. The fourth-order valence-corrected chi connectivity index (χ4v) is 8.26. The smallest absolute Gasteiger partial charge is 0.164 e. The molecule has 268 valence electrons. The van der Waals surface area contributed by atoms with Crippen LogP contribution in [0.5, 0.6) is 0 Å². The summed E-state index contributed by atoms with van der Waals surface area (Å²) in [5, 5.41) is 4.64. The van der Waals surface area contributed by atoms with Crippen LogP contribution in [0.15, 0.2) is 194 Å². The number of aromatic nitrogens is 5. The molecule has 0 aliphatic carbocycles. The van der Waals surface area contributed by atoms with Gasteiger partial charge >= 0.3 is 0 Å². The van der Waals surface area contributed by atoms with Crippen molar-refractivity contribution in [1.82, 2.24) is 24.1 Å². The van der Waals surface area contributed by atoms with Gasteiger partial charge in [-0.05, 0) is 60.2 Å². The zero-order valence-electron chi connectivity index (χ0n) is 30.6. The van der Waals surface area contributed by atoms with E-state index < -0.39 is 0 Å². The monoisotopic (exact) mass is 733 g/mol. The van der Waals surface area contributed by atoms with Crippen molar-refractivity contribution in [3.05, 3.63) is 200 Å². The van der Waals surface area contributed by atoms with Crippen molar-refractivity contribution < 1.29 is 4.39 Å². The molecule has 3 heterocycles. The van der Waals surface area contributed by atoms with Gasteiger partial charge in [0.15, 0.2) is 17.5 Å². The summed E-state index contributed by atoms with van der Waals surface area (Å²) in [5.41, 5.74) is 10.8. The number of rotatable bonds is 6. The Balaban J connectivity index is 1.23. The van der Waals surface area contributed by atoms with E-state index in [0.717, 1.165) is 77.4 Å². The van der Waals surface area contributed by atoms with Crippen molar-refractivity contribution in [2.45, 2.75) is 0 Å². The second-order valence-corrected chi connectivity index (χ2v) is 14.2. The van der Waals surface area contributed by atoms with E-state index in [2.05, 4.69) is 118 Å². The molecule has 0 atom stereocenters. The van der Waals surface area contributed by atoms with Gasteiger partial charge < -0.3 is 9.13 Å². The molecular formula is C51H32FN5. The third-order valence-electron chi connectivity index (χ3n) is 10.8. The van der Waals surface area contributed by atoms with Crippen molar-refractivity contribution in [3.63, 3.8) is 0 Å². The second kappa shape index (κ2) is 13.3. The summed E-state index contributed by atoms with van der Waals surface area (Å²) in [6.07, 6.45) is 0. The summed E-state index contributed by atoms with van der Waals surface area (Å²) in [5.74, 6) is 1.43. The van der Waals surface area contributed by atoms with Gasteiger partial charge in [0.1, 0.15) is 5.82 Å². The van der Waals surface area contributed by atoms with Crippen LogP contribution in [0.4, 0.5) is 4.39 Å². The highest BCUT2D eigenvalue weighted by Crippen LogP contribution is 2.44. The largest absolute Gasteiger partial charge is 0.307 e. The predicted octanol–water partition coefficient (Wildman–Crippen LogP) is 12.9. The molecule has 0 aliphatic heterocycles. The molecule has 5 nitrogen and oxygen atoms in total. The number of benzene rings is 8. The molecule has 0 aliphatic rings. The topological polar surface area (TPSA) is 48.5 Å². The predicted molar refractivity (Wildman–Crippen MR) is 230 cm³/mol. The minimum atomic E-state index is -0.292. The average Bonchev–Trinajstić information content (AvgIpc) is 3.80. The van der Waals surface area contributed by atoms with Gasteiger partial charge in [-0.25, -0.2) is 19.3 Å². The lowest BCUT2D eigenvalue weighted by Gasteiger charge is -2.17. The van der Waals surface area contributed by atoms with Crippen LogP contribution in [0.2, 0.25) is 0 Å². The summed E-state index contributed by atoms with van der Waals surface area (Å²) in [4.78, 5) is 15.0. The standard InChI is InChI=1S/C51H32FN5/c52-37-27-24-33(25-28-37)43-32-36(51-54-49(34-14-4-1-5-15-34)53-50(55-51)35-16-6-2-7-17-35)26-31-46(43)57-45-23-13-11-21-40(45)42-30-29-41-39-20-10-12-22-44(39)56(47(41)48(42)57)38-18-8-3-9-19-38/h1-32H. The molecule has 0 radical (unpaired) electrons. The molecular weight excluding hydrogens is 702 g/mol. The minimum absolute atomic E-state index is 0.292. The van der Waals surface area contributed by atoms with E-state index in [1.165, 1.54) is 17.5 Å². The van der Waals surface area contributed by atoms with E-state index >= 15 is 0 Å². The van der Waals surface area contributed by atoms with Crippen LogP contribution in [-0.4, -0.2) is 24.1 Å². The first kappa shape index (κ1) is 32.7. The van der Waals surface area contributed by atoms with Crippen LogP contribution in [0.1, 0.15) is 0 Å². The molecule has 8 aromatic carbocycles. The normalized spacial score (nSPS) is 11.6. The van der Waals surface area contributed by atoms with Gasteiger partial charge in [-0.15, -0.1) is 0 Å². The Labute approximate surface area is 327 Å². The van der Waals surface area contributed by atoms with Gasteiger partial charge in [0.25, 0.3) is 0 Å². The van der Waals surface area contributed by atoms with Gasteiger partial charge in [0, 0.05) is 49.5 Å². The summed E-state index contributed by atoms with van der Waals surface area (Å²) in [6.45, 7) is 0. The maximum atomic E-state index is 14.6. The number of halogens is 1. The zero-order valence-corrected chi connectivity index (χ0v) is 30.6. The molecule has 6 heteroatoms. The SMILES string of the molecule is Fc1ccc(-c2cc(-c3nc(-c4ccccc4)nc(-c4ccccc4)n3)ccc2-n2c3ccccc3c3ccc4c5ccccc5n(-c5ccccc5)c4c32)cc1. The maximum absolute atomic E-state index is 14.6. The van der Waals surface area contributed by atoms with Crippen molar-refractivity contribution >= 4 is 43.6 Å². The van der Waals surface area contributed by atoms with E-state index in [0.29, 0.717) is 17.5 Å². The van der Waals surface area contributed by atoms with Gasteiger partial charge in [-0.3, -0.25) is 0 Å². The molecule has 0 saturated heterocycles. The van der Waals surface area contributed by atoms with Crippen molar-refractivity contribution in [1.29, 1.82) is 0 Å².